The number of hydrogen-bond donors (Lipinski definition) is 4. The largest absolute Gasteiger partial charge is 0.473 e. The summed E-state index contributed by atoms with van der Waals surface area (Å²) in [5, 5.41) is 21.1. The number of hydrogen-bond acceptors (Lipinski definition) is 5. The molecule has 0 bridgehead atoms. The van der Waals surface area contributed by atoms with Gasteiger partial charge in [0.1, 0.15) is 0 Å². The first kappa shape index (κ1) is 22.7. The van der Waals surface area contributed by atoms with Gasteiger partial charge < -0.3 is 25.7 Å². The van der Waals surface area contributed by atoms with Crippen LogP contribution in [-0.4, -0.2) is 53.7 Å². The number of rotatable bonds is 5. The Morgan fingerprint density at radius 2 is 1.41 bits per heavy atom. The third-order valence-electron chi connectivity index (χ3n) is 5.21. The highest BCUT2D eigenvalue weighted by molar-refractivity contribution is 6.27. The number of anilines is 2. The van der Waals surface area contributed by atoms with Crippen LogP contribution in [0.5, 0.6) is 0 Å². The molecular weight excluding hydrogens is 374 g/mol. The first-order valence-corrected chi connectivity index (χ1v) is 10.3. The average Bonchev–Trinajstić information content (AvgIpc) is 3.08. The molecule has 1 amide bonds. The van der Waals surface area contributed by atoms with E-state index in [1.165, 1.54) is 57.1 Å². The van der Waals surface area contributed by atoms with Crippen LogP contribution in [0.2, 0.25) is 0 Å². The summed E-state index contributed by atoms with van der Waals surface area (Å²) in [7, 11) is 0. The van der Waals surface area contributed by atoms with Gasteiger partial charge in [-0.2, -0.15) is 0 Å². The summed E-state index contributed by atoms with van der Waals surface area (Å²) < 4.78 is 0. The second kappa shape index (κ2) is 12.1. The van der Waals surface area contributed by atoms with Crippen molar-refractivity contribution in [2.45, 2.75) is 57.4 Å². The molecule has 0 atom stereocenters. The lowest BCUT2D eigenvalue weighted by atomic mass is 10.2. The Hall–Kier alpha value is -2.61. The maximum absolute atomic E-state index is 12.0. The van der Waals surface area contributed by atoms with Crippen molar-refractivity contribution in [1.82, 2.24) is 5.32 Å². The number of carbonyl (C=O) groups is 3. The zero-order chi connectivity index (χ0) is 21.1. The fraction of sp³-hybridized carbons (Fsp3) is 0.571. The molecule has 0 spiro atoms. The number of carboxylic acids is 2. The van der Waals surface area contributed by atoms with Gasteiger partial charge >= 0.3 is 11.9 Å². The minimum absolute atomic E-state index is 0.0550. The Balaban J connectivity index is 0.000000438. The lowest BCUT2D eigenvalue weighted by molar-refractivity contribution is -0.159. The highest BCUT2D eigenvalue weighted by Crippen LogP contribution is 2.21. The predicted molar refractivity (Wildman–Crippen MR) is 111 cm³/mol. The van der Waals surface area contributed by atoms with Crippen molar-refractivity contribution in [2.24, 2.45) is 0 Å². The van der Waals surface area contributed by atoms with Gasteiger partial charge in [-0.1, -0.05) is 25.7 Å². The fourth-order valence-corrected chi connectivity index (χ4v) is 3.66. The van der Waals surface area contributed by atoms with Gasteiger partial charge in [-0.3, -0.25) is 4.79 Å². The zero-order valence-electron chi connectivity index (χ0n) is 16.7. The van der Waals surface area contributed by atoms with Crippen LogP contribution in [0.4, 0.5) is 11.4 Å². The Bertz CT molecular complexity index is 651. The van der Waals surface area contributed by atoms with E-state index in [2.05, 4.69) is 27.7 Å². The summed E-state index contributed by atoms with van der Waals surface area (Å²) in [4.78, 5) is 32.7. The van der Waals surface area contributed by atoms with Crippen molar-refractivity contribution < 1.29 is 24.6 Å². The quantitative estimate of drug-likeness (QED) is 0.556. The molecule has 0 aromatic heterocycles. The summed E-state index contributed by atoms with van der Waals surface area (Å²) in [6.07, 6.45) is 10.2. The van der Waals surface area contributed by atoms with E-state index >= 15 is 0 Å². The third-order valence-corrected chi connectivity index (χ3v) is 5.21. The van der Waals surface area contributed by atoms with Gasteiger partial charge in [0.15, 0.2) is 0 Å². The van der Waals surface area contributed by atoms with Gasteiger partial charge in [-0.15, -0.1) is 0 Å². The van der Waals surface area contributed by atoms with Crippen LogP contribution in [0, 0.1) is 0 Å². The van der Waals surface area contributed by atoms with E-state index in [1.54, 1.807) is 0 Å². The van der Waals surface area contributed by atoms with Gasteiger partial charge in [0.05, 0.1) is 6.54 Å². The van der Waals surface area contributed by atoms with Crippen molar-refractivity contribution in [3.8, 4) is 0 Å². The number of carboxylic acid groups (broad SMARTS) is 2. The minimum atomic E-state index is -1.82. The molecule has 0 radical (unpaired) electrons. The molecule has 1 aromatic rings. The van der Waals surface area contributed by atoms with Crippen molar-refractivity contribution in [1.29, 1.82) is 0 Å². The van der Waals surface area contributed by atoms with Gasteiger partial charge in [0, 0.05) is 30.5 Å². The average molecular weight is 405 g/mol. The molecule has 1 heterocycles. The van der Waals surface area contributed by atoms with E-state index in [-0.39, 0.29) is 5.91 Å². The highest BCUT2D eigenvalue weighted by Gasteiger charge is 2.15. The molecule has 2 aliphatic rings. The molecule has 4 N–H and O–H groups in total. The number of carbonyl (C=O) groups excluding carboxylic acids is 1. The van der Waals surface area contributed by atoms with Gasteiger partial charge in [-0.05, 0) is 49.9 Å². The molecular formula is C21H31N3O5. The summed E-state index contributed by atoms with van der Waals surface area (Å²) >= 11 is 0. The standard InChI is InChI=1S/C19H29N3O.C2H2O4/c23-19(15-20-16-7-3-4-8-16)21-17-9-11-18(12-10-17)22-13-5-1-2-6-14-22;3-1(4)2(5)6/h9-12,16,20H,1-8,13-15H2,(H,21,23);(H,3,4)(H,5,6). The SMILES string of the molecule is O=C(CNC1CCCC1)Nc1ccc(N2CCCCCC2)cc1.O=C(O)C(=O)O. The number of nitrogens with zero attached hydrogens (tertiary/aromatic N) is 1. The molecule has 1 saturated heterocycles. The number of amides is 1. The van der Waals surface area contributed by atoms with Gasteiger partial charge in [0.2, 0.25) is 5.91 Å². The number of benzene rings is 1. The summed E-state index contributed by atoms with van der Waals surface area (Å²) in [5.41, 5.74) is 2.16. The molecule has 1 saturated carbocycles. The van der Waals surface area contributed by atoms with Crippen molar-refractivity contribution in [3.05, 3.63) is 24.3 Å². The van der Waals surface area contributed by atoms with Crippen LogP contribution in [0.25, 0.3) is 0 Å². The van der Waals surface area contributed by atoms with Crippen molar-refractivity contribution >= 4 is 29.2 Å². The molecule has 2 fully saturated rings. The lowest BCUT2D eigenvalue weighted by Crippen LogP contribution is -2.34. The molecule has 8 nitrogen and oxygen atoms in total. The monoisotopic (exact) mass is 405 g/mol. The maximum atomic E-state index is 12.0. The third kappa shape index (κ3) is 8.51. The maximum Gasteiger partial charge on any atom is 0.414 e. The Morgan fingerprint density at radius 1 is 0.862 bits per heavy atom. The van der Waals surface area contributed by atoms with Crippen molar-refractivity contribution in [2.75, 3.05) is 29.9 Å². The number of nitrogens with one attached hydrogen (secondary N) is 2. The predicted octanol–water partition coefficient (Wildman–Crippen LogP) is 2.69. The first-order chi connectivity index (χ1) is 14.0. The van der Waals surface area contributed by atoms with Gasteiger partial charge in [0.25, 0.3) is 0 Å². The fourth-order valence-electron chi connectivity index (χ4n) is 3.66. The topological polar surface area (TPSA) is 119 Å². The van der Waals surface area contributed by atoms with Gasteiger partial charge in [-0.25, -0.2) is 9.59 Å². The van der Waals surface area contributed by atoms with Crippen LogP contribution in [-0.2, 0) is 14.4 Å². The molecule has 8 heteroatoms. The smallest absolute Gasteiger partial charge is 0.414 e. The molecule has 1 aromatic carbocycles. The van der Waals surface area contributed by atoms with Crippen LogP contribution < -0.4 is 15.5 Å². The Labute approximate surface area is 171 Å². The highest BCUT2D eigenvalue weighted by atomic mass is 16.4. The zero-order valence-corrected chi connectivity index (χ0v) is 16.7. The summed E-state index contributed by atoms with van der Waals surface area (Å²) in [5.74, 6) is -3.59. The van der Waals surface area contributed by atoms with Crippen LogP contribution in [0.15, 0.2) is 24.3 Å². The molecule has 0 unspecified atom stereocenters. The first-order valence-electron chi connectivity index (χ1n) is 10.3. The van der Waals surface area contributed by atoms with E-state index in [4.69, 9.17) is 19.8 Å². The molecule has 1 aliphatic heterocycles. The van der Waals surface area contributed by atoms with Crippen LogP contribution in [0.1, 0.15) is 51.4 Å². The molecule has 29 heavy (non-hydrogen) atoms. The second-order valence-electron chi connectivity index (χ2n) is 7.47. The Morgan fingerprint density at radius 3 is 1.93 bits per heavy atom. The van der Waals surface area contributed by atoms with E-state index in [0.717, 1.165) is 18.8 Å². The molecule has 3 rings (SSSR count). The van der Waals surface area contributed by atoms with Crippen molar-refractivity contribution in [3.63, 3.8) is 0 Å². The molecule has 160 valence electrons. The van der Waals surface area contributed by atoms with E-state index < -0.39 is 11.9 Å². The summed E-state index contributed by atoms with van der Waals surface area (Å²) in [6, 6.07) is 8.84. The minimum Gasteiger partial charge on any atom is -0.473 e. The van der Waals surface area contributed by atoms with E-state index in [1.807, 2.05) is 12.1 Å². The second-order valence-corrected chi connectivity index (χ2v) is 7.47. The summed E-state index contributed by atoms with van der Waals surface area (Å²) in [6.45, 7) is 2.71. The van der Waals surface area contributed by atoms with E-state index in [9.17, 15) is 4.79 Å². The Kier molecular flexibility index (Phi) is 9.43. The number of aliphatic carboxylic acids is 2. The van der Waals surface area contributed by atoms with Crippen LogP contribution in [0.3, 0.4) is 0 Å². The normalized spacial score (nSPS) is 17.0. The lowest BCUT2D eigenvalue weighted by Gasteiger charge is -2.22. The van der Waals surface area contributed by atoms with E-state index in [0.29, 0.717) is 12.6 Å². The molecule has 1 aliphatic carbocycles. The van der Waals surface area contributed by atoms with Crippen LogP contribution >= 0.6 is 0 Å².